The van der Waals surface area contributed by atoms with Crippen molar-refractivity contribution in [1.29, 1.82) is 0 Å². The van der Waals surface area contributed by atoms with Crippen LogP contribution in [0.4, 0.5) is 0 Å². The van der Waals surface area contributed by atoms with E-state index in [1.807, 2.05) is 25.1 Å². The molecular weight excluding hydrogens is 262 g/mol. The summed E-state index contributed by atoms with van der Waals surface area (Å²) in [6, 6.07) is 7.54. The molecule has 0 aliphatic rings. The van der Waals surface area contributed by atoms with Gasteiger partial charge in [-0.05, 0) is 12.5 Å². The number of benzene rings is 1. The van der Waals surface area contributed by atoms with Gasteiger partial charge in [-0.1, -0.05) is 25.1 Å². The van der Waals surface area contributed by atoms with Gasteiger partial charge in [0.25, 0.3) is 0 Å². The summed E-state index contributed by atoms with van der Waals surface area (Å²) >= 11 is 1.64. The van der Waals surface area contributed by atoms with Crippen molar-refractivity contribution in [2.45, 2.75) is 25.1 Å². The minimum Gasteiger partial charge on any atom is -0.475 e. The van der Waals surface area contributed by atoms with Crippen LogP contribution >= 0.6 is 11.8 Å². The Bertz CT molecular complexity index is 579. The molecule has 102 valence electrons. The topological polar surface area (TPSA) is 76.5 Å². The lowest BCUT2D eigenvalue weighted by Gasteiger charge is -2.07. The molecule has 0 bridgehead atoms. The van der Waals surface area contributed by atoms with Gasteiger partial charge in [-0.3, -0.25) is 0 Å². The van der Waals surface area contributed by atoms with Gasteiger partial charge in [-0.2, -0.15) is 11.8 Å². The molecule has 0 amide bonds. The van der Waals surface area contributed by atoms with Crippen molar-refractivity contribution in [3.63, 3.8) is 0 Å². The van der Waals surface area contributed by atoms with Gasteiger partial charge in [0.05, 0.1) is 0 Å². The average molecular weight is 279 g/mol. The number of hydrogen-bond acceptors (Lipinski definition) is 4. The first-order valence-corrected chi connectivity index (χ1v) is 7.36. The molecule has 4 nitrogen and oxygen atoms in total. The van der Waals surface area contributed by atoms with E-state index in [2.05, 4.69) is 0 Å². The van der Waals surface area contributed by atoms with E-state index in [-0.39, 0.29) is 11.8 Å². The first kappa shape index (κ1) is 14.0. The smallest absolute Gasteiger partial charge is 0.372 e. The van der Waals surface area contributed by atoms with E-state index in [1.165, 1.54) is 0 Å². The van der Waals surface area contributed by atoms with Crippen LogP contribution in [0.2, 0.25) is 0 Å². The molecule has 1 aromatic carbocycles. The van der Waals surface area contributed by atoms with Gasteiger partial charge < -0.3 is 15.3 Å². The number of carboxylic acids is 1. The van der Waals surface area contributed by atoms with E-state index in [0.717, 1.165) is 23.1 Å². The Morgan fingerprint density at radius 2 is 2.21 bits per heavy atom. The van der Waals surface area contributed by atoms with Crippen LogP contribution in [-0.4, -0.2) is 22.9 Å². The SMILES string of the molecule is CCC(N)CSCc1c(C(=O)O)oc2ccccc12. The van der Waals surface area contributed by atoms with Gasteiger partial charge in [-0.25, -0.2) is 4.79 Å². The number of nitrogens with two attached hydrogens (primary N) is 1. The van der Waals surface area contributed by atoms with Crippen LogP contribution in [0, 0.1) is 0 Å². The summed E-state index contributed by atoms with van der Waals surface area (Å²) in [6.45, 7) is 2.04. The Kier molecular flexibility index (Phi) is 4.50. The normalized spacial score (nSPS) is 12.7. The standard InChI is InChI=1S/C14H17NO3S/c1-2-9(15)7-19-8-11-10-5-3-4-6-12(10)18-13(11)14(16)17/h3-6,9H,2,7-8,15H2,1H3,(H,16,17). The first-order valence-electron chi connectivity index (χ1n) is 6.20. The zero-order valence-electron chi connectivity index (χ0n) is 10.8. The molecular formula is C14H17NO3S. The molecule has 1 aromatic heterocycles. The summed E-state index contributed by atoms with van der Waals surface area (Å²) in [5.74, 6) is 0.437. The van der Waals surface area contributed by atoms with Crippen molar-refractivity contribution in [3.05, 3.63) is 35.6 Å². The van der Waals surface area contributed by atoms with E-state index in [1.54, 1.807) is 17.8 Å². The Hall–Kier alpha value is -1.46. The number of para-hydroxylation sites is 1. The number of thioether (sulfide) groups is 1. The minimum atomic E-state index is -1.02. The van der Waals surface area contributed by atoms with E-state index < -0.39 is 5.97 Å². The van der Waals surface area contributed by atoms with Gasteiger partial charge in [0.1, 0.15) is 5.58 Å². The van der Waals surface area contributed by atoms with Gasteiger partial charge in [0.2, 0.25) is 5.76 Å². The van der Waals surface area contributed by atoms with E-state index in [0.29, 0.717) is 11.3 Å². The highest BCUT2D eigenvalue weighted by molar-refractivity contribution is 7.98. The predicted molar refractivity (Wildman–Crippen MR) is 77.6 cm³/mol. The molecule has 1 heterocycles. The third-order valence-electron chi connectivity index (χ3n) is 3.00. The van der Waals surface area contributed by atoms with Crippen molar-refractivity contribution in [1.82, 2.24) is 0 Å². The Morgan fingerprint density at radius 3 is 2.89 bits per heavy atom. The second-order valence-electron chi connectivity index (χ2n) is 4.39. The van der Waals surface area contributed by atoms with E-state index in [4.69, 9.17) is 10.2 Å². The molecule has 3 N–H and O–H groups in total. The molecule has 1 unspecified atom stereocenters. The molecule has 0 saturated carbocycles. The monoisotopic (exact) mass is 279 g/mol. The Balaban J connectivity index is 2.24. The van der Waals surface area contributed by atoms with Crippen LogP contribution in [0.5, 0.6) is 0 Å². The third kappa shape index (κ3) is 3.11. The molecule has 1 atom stereocenters. The number of rotatable bonds is 6. The van der Waals surface area contributed by atoms with Crippen molar-refractivity contribution in [2.75, 3.05) is 5.75 Å². The fourth-order valence-electron chi connectivity index (χ4n) is 1.85. The second-order valence-corrected chi connectivity index (χ2v) is 5.42. The molecule has 5 heteroatoms. The third-order valence-corrected chi connectivity index (χ3v) is 4.15. The maximum Gasteiger partial charge on any atom is 0.372 e. The quantitative estimate of drug-likeness (QED) is 0.849. The number of carboxylic acid groups (broad SMARTS) is 1. The summed E-state index contributed by atoms with van der Waals surface area (Å²) in [4.78, 5) is 11.2. The number of hydrogen-bond donors (Lipinski definition) is 2. The number of aromatic carboxylic acids is 1. The average Bonchev–Trinajstić information content (AvgIpc) is 2.78. The number of fused-ring (bicyclic) bond motifs is 1. The van der Waals surface area contributed by atoms with Crippen molar-refractivity contribution < 1.29 is 14.3 Å². The Morgan fingerprint density at radius 1 is 1.47 bits per heavy atom. The largest absolute Gasteiger partial charge is 0.475 e. The summed E-state index contributed by atoms with van der Waals surface area (Å²) in [5, 5.41) is 10.1. The van der Waals surface area contributed by atoms with Gasteiger partial charge >= 0.3 is 5.97 Å². The summed E-state index contributed by atoms with van der Waals surface area (Å²) < 4.78 is 5.40. The summed E-state index contributed by atoms with van der Waals surface area (Å²) in [6.07, 6.45) is 0.922. The van der Waals surface area contributed by atoms with Crippen LogP contribution < -0.4 is 5.73 Å². The molecule has 2 aromatic rings. The molecule has 19 heavy (non-hydrogen) atoms. The lowest BCUT2D eigenvalue weighted by Crippen LogP contribution is -2.21. The van der Waals surface area contributed by atoms with E-state index in [9.17, 15) is 9.90 Å². The van der Waals surface area contributed by atoms with Crippen LogP contribution in [-0.2, 0) is 5.75 Å². The van der Waals surface area contributed by atoms with Crippen LogP contribution in [0.15, 0.2) is 28.7 Å². The lowest BCUT2D eigenvalue weighted by atomic mass is 10.1. The maximum absolute atomic E-state index is 11.2. The minimum absolute atomic E-state index is 0.0405. The zero-order valence-corrected chi connectivity index (χ0v) is 11.6. The predicted octanol–water partition coefficient (Wildman–Crippen LogP) is 3.10. The highest BCUT2D eigenvalue weighted by Crippen LogP contribution is 2.29. The molecule has 0 saturated heterocycles. The van der Waals surface area contributed by atoms with Crippen LogP contribution in [0.25, 0.3) is 11.0 Å². The van der Waals surface area contributed by atoms with Crippen molar-refractivity contribution >= 4 is 28.7 Å². The van der Waals surface area contributed by atoms with Crippen LogP contribution in [0.3, 0.4) is 0 Å². The fourth-order valence-corrected chi connectivity index (χ4v) is 2.99. The fraction of sp³-hybridized carbons (Fsp3) is 0.357. The van der Waals surface area contributed by atoms with Crippen molar-refractivity contribution in [3.8, 4) is 0 Å². The number of carbonyl (C=O) groups is 1. The highest BCUT2D eigenvalue weighted by Gasteiger charge is 2.19. The number of furan rings is 1. The molecule has 0 radical (unpaired) electrons. The summed E-state index contributed by atoms with van der Waals surface area (Å²) in [5.41, 5.74) is 7.23. The van der Waals surface area contributed by atoms with E-state index >= 15 is 0 Å². The van der Waals surface area contributed by atoms with Crippen LogP contribution in [0.1, 0.15) is 29.5 Å². The summed E-state index contributed by atoms with van der Waals surface area (Å²) in [7, 11) is 0. The second kappa shape index (κ2) is 6.12. The molecule has 0 aliphatic heterocycles. The highest BCUT2D eigenvalue weighted by atomic mass is 32.2. The van der Waals surface area contributed by atoms with Gasteiger partial charge in [-0.15, -0.1) is 0 Å². The zero-order chi connectivity index (χ0) is 13.8. The molecule has 0 aliphatic carbocycles. The van der Waals surface area contributed by atoms with Gasteiger partial charge in [0.15, 0.2) is 0 Å². The van der Waals surface area contributed by atoms with Crippen molar-refractivity contribution in [2.24, 2.45) is 5.73 Å². The maximum atomic E-state index is 11.2. The first-order chi connectivity index (χ1) is 9.13. The molecule has 0 fully saturated rings. The lowest BCUT2D eigenvalue weighted by molar-refractivity contribution is 0.0664. The Labute approximate surface area is 116 Å². The molecule has 2 rings (SSSR count). The molecule has 0 spiro atoms. The van der Waals surface area contributed by atoms with Gasteiger partial charge in [0, 0.05) is 28.5 Å².